The zero-order valence-electron chi connectivity index (χ0n) is 15.7. The van der Waals surface area contributed by atoms with Crippen molar-refractivity contribution in [1.29, 1.82) is 0 Å². The monoisotopic (exact) mass is 356 g/mol. The molecule has 0 aliphatic carbocycles. The van der Waals surface area contributed by atoms with Crippen LogP contribution in [0.1, 0.15) is 25.0 Å². The average molecular weight is 356 g/mol. The largest absolute Gasteiger partial charge is 0.493 e. The molecule has 0 saturated carbocycles. The topological polar surface area (TPSA) is 59.6 Å². The third kappa shape index (κ3) is 6.41. The fourth-order valence-electron chi connectivity index (χ4n) is 2.39. The Labute approximate surface area is 155 Å². The predicted molar refractivity (Wildman–Crippen MR) is 103 cm³/mol. The van der Waals surface area contributed by atoms with Gasteiger partial charge in [0.05, 0.1) is 7.11 Å². The number of hydrogen-bond donors (Lipinski definition) is 2. The third-order valence-electron chi connectivity index (χ3n) is 3.92. The van der Waals surface area contributed by atoms with Crippen LogP contribution in [0, 0.1) is 5.92 Å². The maximum Gasteiger partial charge on any atom is 0.222 e. The van der Waals surface area contributed by atoms with E-state index in [9.17, 15) is 4.79 Å². The van der Waals surface area contributed by atoms with Gasteiger partial charge in [-0.3, -0.25) is 4.79 Å². The Balaban J connectivity index is 1.84. The van der Waals surface area contributed by atoms with E-state index in [1.165, 1.54) is 0 Å². The summed E-state index contributed by atoms with van der Waals surface area (Å²) in [6, 6.07) is 15.9. The van der Waals surface area contributed by atoms with Crippen LogP contribution in [0.15, 0.2) is 48.5 Å². The smallest absolute Gasteiger partial charge is 0.222 e. The highest BCUT2D eigenvalue weighted by Crippen LogP contribution is 2.28. The zero-order chi connectivity index (χ0) is 18.8. The van der Waals surface area contributed by atoms with Gasteiger partial charge in [0.1, 0.15) is 6.61 Å². The summed E-state index contributed by atoms with van der Waals surface area (Å²) in [4.78, 5) is 11.5. The normalized spacial score (nSPS) is 10.6. The Bertz CT molecular complexity index is 687. The van der Waals surface area contributed by atoms with Crippen LogP contribution in [0.25, 0.3) is 0 Å². The van der Waals surface area contributed by atoms with Gasteiger partial charge in [0.25, 0.3) is 0 Å². The van der Waals surface area contributed by atoms with Gasteiger partial charge in [-0.25, -0.2) is 0 Å². The number of methoxy groups -OCH3 is 1. The number of hydrogen-bond acceptors (Lipinski definition) is 4. The van der Waals surface area contributed by atoms with Crippen molar-refractivity contribution in [2.45, 2.75) is 27.0 Å². The van der Waals surface area contributed by atoms with Crippen molar-refractivity contribution in [1.82, 2.24) is 10.6 Å². The van der Waals surface area contributed by atoms with Gasteiger partial charge < -0.3 is 20.1 Å². The minimum Gasteiger partial charge on any atom is -0.493 e. The van der Waals surface area contributed by atoms with Crippen LogP contribution >= 0.6 is 0 Å². The third-order valence-corrected chi connectivity index (χ3v) is 3.92. The second-order valence-electron chi connectivity index (χ2n) is 6.38. The highest BCUT2D eigenvalue weighted by molar-refractivity contribution is 5.77. The van der Waals surface area contributed by atoms with Crippen molar-refractivity contribution < 1.29 is 14.3 Å². The van der Waals surface area contributed by atoms with E-state index < -0.39 is 0 Å². The van der Waals surface area contributed by atoms with Crippen LogP contribution in [0.4, 0.5) is 0 Å². The molecule has 26 heavy (non-hydrogen) atoms. The van der Waals surface area contributed by atoms with Crippen LogP contribution in [-0.4, -0.2) is 26.1 Å². The molecule has 5 heteroatoms. The van der Waals surface area contributed by atoms with Crippen LogP contribution in [0.2, 0.25) is 0 Å². The van der Waals surface area contributed by atoms with Gasteiger partial charge in [-0.1, -0.05) is 50.2 Å². The molecule has 0 fully saturated rings. The summed E-state index contributed by atoms with van der Waals surface area (Å²) in [6.07, 6.45) is 0. The van der Waals surface area contributed by atoms with Gasteiger partial charge in [0.15, 0.2) is 11.5 Å². The first-order valence-electron chi connectivity index (χ1n) is 8.92. The molecule has 0 radical (unpaired) electrons. The van der Waals surface area contributed by atoms with Gasteiger partial charge in [0.2, 0.25) is 5.91 Å². The summed E-state index contributed by atoms with van der Waals surface area (Å²) < 4.78 is 11.3. The SMILES string of the molecule is COc1ccc(CNCCNC(=O)C(C)C)cc1OCc1ccccc1. The Morgan fingerprint density at radius 3 is 2.46 bits per heavy atom. The molecular weight excluding hydrogens is 328 g/mol. The molecular formula is C21H28N2O3. The fourth-order valence-corrected chi connectivity index (χ4v) is 2.39. The summed E-state index contributed by atoms with van der Waals surface area (Å²) in [5.41, 5.74) is 2.21. The lowest BCUT2D eigenvalue weighted by molar-refractivity contribution is -0.123. The Hall–Kier alpha value is -2.53. The van der Waals surface area contributed by atoms with Gasteiger partial charge in [-0.05, 0) is 23.3 Å². The number of carbonyl (C=O) groups is 1. The molecule has 2 rings (SSSR count). The number of carbonyl (C=O) groups excluding carboxylic acids is 1. The summed E-state index contributed by atoms with van der Waals surface area (Å²) in [7, 11) is 1.64. The number of rotatable bonds is 10. The van der Waals surface area contributed by atoms with Crippen molar-refractivity contribution in [2.75, 3.05) is 20.2 Å². The van der Waals surface area contributed by atoms with E-state index in [1.807, 2.05) is 62.4 Å². The molecule has 2 aromatic carbocycles. The summed E-state index contributed by atoms with van der Waals surface area (Å²) >= 11 is 0. The minimum atomic E-state index is 0.0147. The molecule has 0 aliphatic heterocycles. The van der Waals surface area contributed by atoms with E-state index in [4.69, 9.17) is 9.47 Å². The van der Waals surface area contributed by atoms with E-state index >= 15 is 0 Å². The molecule has 1 amide bonds. The first-order valence-corrected chi connectivity index (χ1v) is 8.92. The van der Waals surface area contributed by atoms with Crippen LogP contribution in [0.5, 0.6) is 11.5 Å². The molecule has 0 spiro atoms. The van der Waals surface area contributed by atoms with Crippen LogP contribution < -0.4 is 20.1 Å². The summed E-state index contributed by atoms with van der Waals surface area (Å²) in [5.74, 6) is 1.53. The van der Waals surface area contributed by atoms with Crippen molar-refractivity contribution >= 4 is 5.91 Å². The van der Waals surface area contributed by atoms with Crippen molar-refractivity contribution in [3.63, 3.8) is 0 Å². The Kier molecular flexibility index (Phi) is 7.96. The maximum atomic E-state index is 11.5. The van der Waals surface area contributed by atoms with Crippen LogP contribution in [0.3, 0.4) is 0 Å². The van der Waals surface area contributed by atoms with E-state index in [1.54, 1.807) is 7.11 Å². The Morgan fingerprint density at radius 2 is 1.77 bits per heavy atom. The van der Waals surface area contributed by atoms with Gasteiger partial charge in [0, 0.05) is 25.6 Å². The van der Waals surface area contributed by atoms with E-state index in [0.717, 1.165) is 16.9 Å². The number of nitrogens with one attached hydrogen (secondary N) is 2. The molecule has 140 valence electrons. The van der Waals surface area contributed by atoms with Crippen molar-refractivity contribution in [3.05, 3.63) is 59.7 Å². The highest BCUT2D eigenvalue weighted by atomic mass is 16.5. The zero-order valence-corrected chi connectivity index (χ0v) is 15.7. The van der Waals surface area contributed by atoms with E-state index in [0.29, 0.717) is 32.0 Å². The minimum absolute atomic E-state index is 0.0147. The molecule has 2 aromatic rings. The summed E-state index contributed by atoms with van der Waals surface area (Å²) in [5, 5.41) is 6.21. The molecule has 0 saturated heterocycles. The van der Waals surface area contributed by atoms with E-state index in [2.05, 4.69) is 10.6 Å². The number of ether oxygens (including phenoxy) is 2. The first kappa shape index (κ1) is 19.8. The number of benzene rings is 2. The predicted octanol–water partition coefficient (Wildman–Crippen LogP) is 3.14. The average Bonchev–Trinajstić information content (AvgIpc) is 2.66. The van der Waals surface area contributed by atoms with Gasteiger partial charge in [-0.15, -0.1) is 0 Å². The molecule has 0 aromatic heterocycles. The van der Waals surface area contributed by atoms with E-state index in [-0.39, 0.29) is 11.8 Å². The molecule has 0 unspecified atom stereocenters. The lowest BCUT2D eigenvalue weighted by Gasteiger charge is -2.13. The lowest BCUT2D eigenvalue weighted by Crippen LogP contribution is -2.34. The molecule has 0 heterocycles. The molecule has 5 nitrogen and oxygen atoms in total. The highest BCUT2D eigenvalue weighted by Gasteiger charge is 2.07. The Morgan fingerprint density at radius 1 is 1.00 bits per heavy atom. The summed E-state index contributed by atoms with van der Waals surface area (Å²) in [6.45, 7) is 6.29. The first-order chi connectivity index (χ1) is 12.6. The standard InChI is InChI=1S/C21H28N2O3/c1-16(2)21(24)23-12-11-22-14-18-9-10-19(25-3)20(13-18)26-15-17-7-5-4-6-8-17/h4-10,13,16,22H,11-12,14-15H2,1-3H3,(H,23,24). The molecule has 0 bridgehead atoms. The van der Waals surface area contributed by atoms with Gasteiger partial charge in [-0.2, -0.15) is 0 Å². The number of amides is 1. The lowest BCUT2D eigenvalue weighted by atomic mass is 10.2. The van der Waals surface area contributed by atoms with Crippen molar-refractivity contribution in [2.24, 2.45) is 5.92 Å². The second-order valence-corrected chi connectivity index (χ2v) is 6.38. The van der Waals surface area contributed by atoms with Crippen molar-refractivity contribution in [3.8, 4) is 11.5 Å². The molecule has 0 aliphatic rings. The second kappa shape index (κ2) is 10.5. The maximum absolute atomic E-state index is 11.5. The van der Waals surface area contributed by atoms with Gasteiger partial charge >= 0.3 is 0 Å². The van der Waals surface area contributed by atoms with Crippen LogP contribution in [-0.2, 0) is 17.9 Å². The fraction of sp³-hybridized carbons (Fsp3) is 0.381. The molecule has 0 atom stereocenters. The molecule has 2 N–H and O–H groups in total. The quantitative estimate of drug-likeness (QED) is 0.642.